The zero-order valence-electron chi connectivity index (χ0n) is 14.1. The van der Waals surface area contributed by atoms with Crippen LogP contribution >= 0.6 is 0 Å². The smallest absolute Gasteiger partial charge is 0.275 e. The minimum absolute atomic E-state index is 0.230. The van der Waals surface area contributed by atoms with Crippen LogP contribution in [0.4, 0.5) is 11.5 Å². The quantitative estimate of drug-likeness (QED) is 0.724. The second-order valence-electron chi connectivity index (χ2n) is 5.09. The van der Waals surface area contributed by atoms with Gasteiger partial charge in [0.1, 0.15) is 23.0 Å². The highest BCUT2D eigenvalue weighted by molar-refractivity contribution is 6.03. The molecule has 0 aliphatic rings. The van der Waals surface area contributed by atoms with Crippen molar-refractivity contribution >= 4 is 17.4 Å². The number of nitrogens with zero attached hydrogens (tertiary/aromatic N) is 2. The summed E-state index contributed by atoms with van der Waals surface area (Å²) >= 11 is 0. The monoisotopic (exact) mass is 330 g/mol. The number of anilines is 2. The summed E-state index contributed by atoms with van der Waals surface area (Å²) in [7, 11) is 3.10. The molecule has 0 fully saturated rings. The lowest BCUT2D eigenvalue weighted by Gasteiger charge is -2.11. The zero-order valence-corrected chi connectivity index (χ0v) is 14.1. The Kier molecular flexibility index (Phi) is 6.36. The van der Waals surface area contributed by atoms with Crippen molar-refractivity contribution in [3.8, 4) is 11.5 Å². The minimum Gasteiger partial charge on any atom is -0.497 e. The van der Waals surface area contributed by atoms with Gasteiger partial charge >= 0.3 is 0 Å². The number of aromatic nitrogens is 2. The largest absolute Gasteiger partial charge is 0.497 e. The Morgan fingerprint density at radius 3 is 2.62 bits per heavy atom. The SMILES string of the molecule is CCCCNc1cnc(C(=O)Nc2ccc(OC)cc2OC)cn1. The molecule has 1 aromatic carbocycles. The number of carbonyl (C=O) groups is 1. The number of amides is 1. The van der Waals surface area contributed by atoms with E-state index in [2.05, 4.69) is 27.5 Å². The number of methoxy groups -OCH3 is 2. The molecular weight excluding hydrogens is 308 g/mol. The molecule has 0 unspecified atom stereocenters. The molecule has 2 rings (SSSR count). The van der Waals surface area contributed by atoms with Gasteiger partial charge < -0.3 is 20.1 Å². The van der Waals surface area contributed by atoms with E-state index >= 15 is 0 Å². The number of hydrogen-bond donors (Lipinski definition) is 2. The molecule has 1 aromatic heterocycles. The summed E-state index contributed by atoms with van der Waals surface area (Å²) < 4.78 is 10.4. The summed E-state index contributed by atoms with van der Waals surface area (Å²) in [5.74, 6) is 1.45. The molecule has 7 heteroatoms. The number of hydrogen-bond acceptors (Lipinski definition) is 6. The van der Waals surface area contributed by atoms with E-state index in [1.807, 2.05) is 0 Å². The first-order chi connectivity index (χ1) is 11.7. The van der Waals surface area contributed by atoms with E-state index in [1.54, 1.807) is 31.5 Å². The third kappa shape index (κ3) is 4.58. The van der Waals surface area contributed by atoms with E-state index in [4.69, 9.17) is 9.47 Å². The van der Waals surface area contributed by atoms with Gasteiger partial charge in [0.2, 0.25) is 0 Å². The van der Waals surface area contributed by atoms with Crippen LogP contribution in [0, 0.1) is 0 Å². The summed E-state index contributed by atoms with van der Waals surface area (Å²) in [6.07, 6.45) is 5.15. The lowest BCUT2D eigenvalue weighted by molar-refractivity contribution is 0.102. The van der Waals surface area contributed by atoms with Crippen LogP contribution in [0.1, 0.15) is 30.3 Å². The molecule has 0 atom stereocenters. The fourth-order valence-corrected chi connectivity index (χ4v) is 2.02. The minimum atomic E-state index is -0.355. The average Bonchev–Trinajstić information content (AvgIpc) is 2.62. The van der Waals surface area contributed by atoms with Crippen molar-refractivity contribution < 1.29 is 14.3 Å². The summed E-state index contributed by atoms with van der Waals surface area (Å²) in [5, 5.41) is 5.91. The topological polar surface area (TPSA) is 85.4 Å². The fraction of sp³-hybridized carbons (Fsp3) is 0.353. The van der Waals surface area contributed by atoms with Gasteiger partial charge in [-0.1, -0.05) is 13.3 Å². The number of unbranched alkanes of at least 4 members (excludes halogenated alkanes) is 1. The first-order valence-electron chi connectivity index (χ1n) is 7.77. The highest BCUT2D eigenvalue weighted by atomic mass is 16.5. The first-order valence-corrected chi connectivity index (χ1v) is 7.77. The molecule has 1 amide bonds. The lowest BCUT2D eigenvalue weighted by atomic mass is 10.2. The second kappa shape index (κ2) is 8.71. The van der Waals surface area contributed by atoms with Gasteiger partial charge in [-0.05, 0) is 18.6 Å². The number of nitrogens with one attached hydrogen (secondary N) is 2. The van der Waals surface area contributed by atoms with Gasteiger partial charge in [0.15, 0.2) is 0 Å². The molecule has 0 spiro atoms. The van der Waals surface area contributed by atoms with Gasteiger partial charge in [-0.3, -0.25) is 4.79 Å². The lowest BCUT2D eigenvalue weighted by Crippen LogP contribution is -2.15. The van der Waals surface area contributed by atoms with Gasteiger partial charge in [0, 0.05) is 12.6 Å². The molecule has 2 aromatic rings. The first kappa shape index (κ1) is 17.5. The molecule has 0 aliphatic carbocycles. The predicted molar refractivity (Wildman–Crippen MR) is 92.9 cm³/mol. The molecule has 1 heterocycles. The molecule has 128 valence electrons. The predicted octanol–water partition coefficient (Wildman–Crippen LogP) is 2.96. The van der Waals surface area contributed by atoms with Crippen LogP contribution in [0.2, 0.25) is 0 Å². The van der Waals surface area contributed by atoms with Gasteiger partial charge in [-0.2, -0.15) is 0 Å². The zero-order chi connectivity index (χ0) is 17.4. The summed E-state index contributed by atoms with van der Waals surface area (Å²) in [6, 6.07) is 5.15. The molecule has 0 aliphatic heterocycles. The Bertz CT molecular complexity index is 674. The van der Waals surface area contributed by atoms with E-state index in [0.717, 1.165) is 19.4 Å². The molecular formula is C17H22N4O3. The maximum absolute atomic E-state index is 12.3. The Morgan fingerprint density at radius 1 is 1.17 bits per heavy atom. The fourth-order valence-electron chi connectivity index (χ4n) is 2.02. The van der Waals surface area contributed by atoms with Crippen molar-refractivity contribution in [1.82, 2.24) is 9.97 Å². The van der Waals surface area contributed by atoms with Crippen LogP contribution in [-0.2, 0) is 0 Å². The maximum atomic E-state index is 12.3. The molecule has 0 bridgehead atoms. The highest BCUT2D eigenvalue weighted by Crippen LogP contribution is 2.29. The Labute approximate surface area is 141 Å². The number of benzene rings is 1. The average molecular weight is 330 g/mol. The van der Waals surface area contributed by atoms with Crippen LogP contribution in [0.5, 0.6) is 11.5 Å². The molecule has 2 N–H and O–H groups in total. The van der Waals surface area contributed by atoms with Crippen LogP contribution in [0.15, 0.2) is 30.6 Å². The summed E-state index contributed by atoms with van der Waals surface area (Å²) in [5.41, 5.74) is 0.768. The van der Waals surface area contributed by atoms with Crippen molar-refractivity contribution in [2.45, 2.75) is 19.8 Å². The summed E-state index contributed by atoms with van der Waals surface area (Å²) in [4.78, 5) is 20.6. The Hall–Kier alpha value is -2.83. The molecule has 24 heavy (non-hydrogen) atoms. The van der Waals surface area contributed by atoms with E-state index in [1.165, 1.54) is 13.3 Å². The molecule has 0 saturated heterocycles. The van der Waals surface area contributed by atoms with E-state index in [9.17, 15) is 4.79 Å². The molecule has 0 radical (unpaired) electrons. The van der Waals surface area contributed by atoms with Gasteiger partial charge in [0.25, 0.3) is 5.91 Å². The third-order valence-electron chi connectivity index (χ3n) is 3.38. The van der Waals surface area contributed by atoms with Crippen LogP contribution in [0.25, 0.3) is 0 Å². The Morgan fingerprint density at radius 2 is 2.00 bits per heavy atom. The maximum Gasteiger partial charge on any atom is 0.275 e. The molecule has 7 nitrogen and oxygen atoms in total. The van der Waals surface area contributed by atoms with Crippen LogP contribution in [0.3, 0.4) is 0 Å². The van der Waals surface area contributed by atoms with Gasteiger partial charge in [-0.15, -0.1) is 0 Å². The normalized spacial score (nSPS) is 10.1. The van der Waals surface area contributed by atoms with Gasteiger partial charge in [0.05, 0.1) is 32.3 Å². The number of rotatable bonds is 8. The summed E-state index contributed by atoms with van der Waals surface area (Å²) in [6.45, 7) is 2.95. The van der Waals surface area contributed by atoms with Crippen LogP contribution in [-0.4, -0.2) is 36.6 Å². The third-order valence-corrected chi connectivity index (χ3v) is 3.38. The van der Waals surface area contributed by atoms with Crippen molar-refractivity contribution in [2.24, 2.45) is 0 Å². The van der Waals surface area contributed by atoms with Crippen molar-refractivity contribution in [3.63, 3.8) is 0 Å². The highest BCUT2D eigenvalue weighted by Gasteiger charge is 2.12. The van der Waals surface area contributed by atoms with Gasteiger partial charge in [-0.25, -0.2) is 9.97 Å². The standard InChI is InChI=1S/C17H22N4O3/c1-4-5-8-18-16-11-19-14(10-20-16)17(22)21-13-7-6-12(23-2)9-15(13)24-3/h6-7,9-11H,4-5,8H2,1-3H3,(H,18,20)(H,21,22). The van der Waals surface area contributed by atoms with E-state index < -0.39 is 0 Å². The van der Waals surface area contributed by atoms with Crippen molar-refractivity contribution in [1.29, 1.82) is 0 Å². The van der Waals surface area contributed by atoms with E-state index in [-0.39, 0.29) is 11.6 Å². The van der Waals surface area contributed by atoms with Crippen LogP contribution < -0.4 is 20.1 Å². The molecule has 0 saturated carbocycles. The van der Waals surface area contributed by atoms with Crippen molar-refractivity contribution in [3.05, 3.63) is 36.3 Å². The van der Waals surface area contributed by atoms with E-state index in [0.29, 0.717) is 23.0 Å². The number of carbonyl (C=O) groups excluding carboxylic acids is 1. The second-order valence-corrected chi connectivity index (χ2v) is 5.09. The Balaban J connectivity index is 2.04. The van der Waals surface area contributed by atoms with Crippen molar-refractivity contribution in [2.75, 3.05) is 31.4 Å². The number of ether oxygens (including phenoxy) is 2.